The Morgan fingerprint density at radius 1 is 1.19 bits per heavy atom. The number of carbonyl (C=O) groups excluding carboxylic acids is 2. The molecule has 1 atom stereocenters. The summed E-state index contributed by atoms with van der Waals surface area (Å²) in [6.45, 7) is 5.44. The Balaban J connectivity index is 1.74. The molecule has 1 heterocycles. The van der Waals surface area contributed by atoms with Crippen molar-refractivity contribution in [1.82, 2.24) is 10.3 Å². The molecule has 0 radical (unpaired) electrons. The van der Waals surface area contributed by atoms with Crippen LogP contribution in [-0.4, -0.2) is 28.6 Å². The molecule has 0 bridgehead atoms. The van der Waals surface area contributed by atoms with Gasteiger partial charge in [0.2, 0.25) is 5.91 Å². The van der Waals surface area contributed by atoms with E-state index in [1.807, 2.05) is 26.8 Å². The standard InChI is InChI=1S/C19H26BrN3O3/c1-19(2,3)26-18(25)23-16(15(11-4-5-11)12-6-7-12)17(24)22-14-9-8-13(20)10-21-14/h8-12,15-16H,4-7H2,1-3H3,(H,23,25)(H,21,22,24). The van der Waals surface area contributed by atoms with Gasteiger partial charge in [0.25, 0.3) is 0 Å². The van der Waals surface area contributed by atoms with E-state index in [-0.39, 0.29) is 11.8 Å². The molecule has 2 amide bonds. The highest BCUT2D eigenvalue weighted by atomic mass is 79.9. The summed E-state index contributed by atoms with van der Waals surface area (Å²) in [7, 11) is 0. The second-order valence-corrected chi connectivity index (χ2v) is 9.14. The molecule has 3 rings (SSSR count). The fourth-order valence-electron chi connectivity index (χ4n) is 3.32. The number of nitrogens with one attached hydrogen (secondary N) is 2. The molecule has 2 aliphatic carbocycles. The topological polar surface area (TPSA) is 80.3 Å². The number of aromatic nitrogens is 1. The average molecular weight is 424 g/mol. The Bertz CT molecular complexity index is 652. The third-order valence-corrected chi connectivity index (χ3v) is 5.12. The summed E-state index contributed by atoms with van der Waals surface area (Å²) in [5, 5.41) is 5.68. The highest BCUT2D eigenvalue weighted by Gasteiger charge is 2.48. The lowest BCUT2D eigenvalue weighted by molar-refractivity contribution is -0.120. The molecular formula is C19H26BrN3O3. The van der Waals surface area contributed by atoms with Gasteiger partial charge < -0.3 is 15.4 Å². The molecule has 0 aliphatic heterocycles. The number of amides is 2. The quantitative estimate of drug-likeness (QED) is 0.720. The fourth-order valence-corrected chi connectivity index (χ4v) is 3.55. The summed E-state index contributed by atoms with van der Waals surface area (Å²) in [5.74, 6) is 1.42. The summed E-state index contributed by atoms with van der Waals surface area (Å²) in [5.41, 5.74) is -0.604. The van der Waals surface area contributed by atoms with Gasteiger partial charge in [-0.1, -0.05) is 0 Å². The largest absolute Gasteiger partial charge is 0.444 e. The normalized spacial score (nSPS) is 18.3. The van der Waals surface area contributed by atoms with Crippen LogP contribution in [0.5, 0.6) is 0 Å². The van der Waals surface area contributed by atoms with Crippen LogP contribution in [0, 0.1) is 17.8 Å². The van der Waals surface area contributed by atoms with E-state index in [2.05, 4.69) is 31.5 Å². The Morgan fingerprint density at radius 2 is 1.81 bits per heavy atom. The Labute approximate surface area is 162 Å². The summed E-state index contributed by atoms with van der Waals surface area (Å²) in [4.78, 5) is 29.5. The van der Waals surface area contributed by atoms with Gasteiger partial charge in [-0.3, -0.25) is 4.79 Å². The van der Waals surface area contributed by atoms with E-state index in [0.717, 1.165) is 30.2 Å². The van der Waals surface area contributed by atoms with Gasteiger partial charge in [-0.15, -0.1) is 0 Å². The minimum atomic E-state index is -0.604. The first-order valence-electron chi connectivity index (χ1n) is 9.15. The number of hydrogen-bond acceptors (Lipinski definition) is 4. The molecular weight excluding hydrogens is 398 g/mol. The van der Waals surface area contributed by atoms with Crippen LogP contribution in [0.2, 0.25) is 0 Å². The fraction of sp³-hybridized carbons (Fsp3) is 0.632. The third-order valence-electron chi connectivity index (χ3n) is 4.65. The first kappa shape index (κ1) is 19.1. The van der Waals surface area contributed by atoms with Crippen molar-refractivity contribution in [3.8, 4) is 0 Å². The van der Waals surface area contributed by atoms with Crippen LogP contribution >= 0.6 is 15.9 Å². The molecule has 7 heteroatoms. The third kappa shape index (κ3) is 5.43. The van der Waals surface area contributed by atoms with E-state index in [9.17, 15) is 9.59 Å². The van der Waals surface area contributed by atoms with Gasteiger partial charge in [0.05, 0.1) is 0 Å². The van der Waals surface area contributed by atoms with Gasteiger partial charge in [0, 0.05) is 10.7 Å². The predicted octanol–water partition coefficient (Wildman–Crippen LogP) is 4.11. The molecule has 6 nitrogen and oxygen atoms in total. The number of halogens is 1. The van der Waals surface area contributed by atoms with Crippen LogP contribution in [0.25, 0.3) is 0 Å². The van der Waals surface area contributed by atoms with Gasteiger partial charge in [-0.05, 0) is 92.3 Å². The van der Waals surface area contributed by atoms with Gasteiger partial charge in [0.1, 0.15) is 17.5 Å². The zero-order chi connectivity index (χ0) is 18.9. The molecule has 26 heavy (non-hydrogen) atoms. The van der Waals surface area contributed by atoms with E-state index < -0.39 is 17.7 Å². The first-order valence-corrected chi connectivity index (χ1v) is 9.94. The molecule has 2 aliphatic rings. The highest BCUT2D eigenvalue weighted by Crippen LogP contribution is 2.50. The van der Waals surface area contributed by atoms with Gasteiger partial charge >= 0.3 is 6.09 Å². The first-order chi connectivity index (χ1) is 12.2. The SMILES string of the molecule is CC(C)(C)OC(=O)NC(C(=O)Nc1ccc(Br)cn1)C(C1CC1)C1CC1. The minimum Gasteiger partial charge on any atom is -0.444 e. The molecule has 2 N–H and O–H groups in total. The summed E-state index contributed by atoms with van der Waals surface area (Å²) < 4.78 is 6.22. The lowest BCUT2D eigenvalue weighted by Crippen LogP contribution is -2.51. The number of anilines is 1. The maximum absolute atomic E-state index is 13.0. The molecule has 0 spiro atoms. The van der Waals surface area contributed by atoms with Crippen LogP contribution in [0.1, 0.15) is 46.5 Å². The molecule has 0 aromatic carbocycles. The Morgan fingerprint density at radius 3 is 2.27 bits per heavy atom. The number of rotatable bonds is 6. The van der Waals surface area contributed by atoms with E-state index in [0.29, 0.717) is 17.7 Å². The van der Waals surface area contributed by atoms with E-state index >= 15 is 0 Å². The van der Waals surface area contributed by atoms with Crippen LogP contribution in [0.3, 0.4) is 0 Å². The van der Waals surface area contributed by atoms with Crippen molar-refractivity contribution in [2.45, 2.75) is 58.1 Å². The predicted molar refractivity (Wildman–Crippen MR) is 103 cm³/mol. The van der Waals surface area contributed by atoms with Crippen LogP contribution in [0.15, 0.2) is 22.8 Å². The summed E-state index contributed by atoms with van der Waals surface area (Å²) in [6, 6.07) is 2.95. The van der Waals surface area contributed by atoms with Crippen molar-refractivity contribution in [2.75, 3.05) is 5.32 Å². The number of ether oxygens (including phenoxy) is 1. The molecule has 2 fully saturated rings. The van der Waals surface area contributed by atoms with Crippen LogP contribution < -0.4 is 10.6 Å². The summed E-state index contributed by atoms with van der Waals surface area (Å²) >= 11 is 3.33. The van der Waals surface area contributed by atoms with E-state index in [4.69, 9.17) is 4.74 Å². The van der Waals surface area contributed by atoms with E-state index in [1.54, 1.807) is 12.3 Å². The zero-order valence-electron chi connectivity index (χ0n) is 15.4. The van der Waals surface area contributed by atoms with Crippen molar-refractivity contribution in [3.05, 3.63) is 22.8 Å². The van der Waals surface area contributed by atoms with Crippen LogP contribution in [-0.2, 0) is 9.53 Å². The molecule has 1 unspecified atom stereocenters. The van der Waals surface area contributed by atoms with Crippen molar-refractivity contribution in [3.63, 3.8) is 0 Å². The number of nitrogens with zero attached hydrogens (tertiary/aromatic N) is 1. The molecule has 2 saturated carbocycles. The highest BCUT2D eigenvalue weighted by molar-refractivity contribution is 9.10. The van der Waals surface area contributed by atoms with Crippen molar-refractivity contribution in [1.29, 1.82) is 0 Å². The number of carbonyl (C=O) groups is 2. The number of pyridine rings is 1. The maximum atomic E-state index is 13.0. The monoisotopic (exact) mass is 423 g/mol. The number of alkyl carbamates (subject to hydrolysis) is 1. The smallest absolute Gasteiger partial charge is 0.408 e. The average Bonchev–Trinajstić information content (AvgIpc) is 3.41. The maximum Gasteiger partial charge on any atom is 0.408 e. The van der Waals surface area contributed by atoms with Crippen molar-refractivity contribution >= 4 is 33.7 Å². The Hall–Kier alpha value is -1.63. The second kappa shape index (κ2) is 7.55. The zero-order valence-corrected chi connectivity index (χ0v) is 17.0. The van der Waals surface area contributed by atoms with Crippen LogP contribution in [0.4, 0.5) is 10.6 Å². The van der Waals surface area contributed by atoms with Crippen molar-refractivity contribution < 1.29 is 14.3 Å². The summed E-state index contributed by atoms with van der Waals surface area (Å²) in [6.07, 6.45) is 5.57. The lowest BCUT2D eigenvalue weighted by Gasteiger charge is -2.28. The molecule has 1 aromatic rings. The molecule has 0 saturated heterocycles. The lowest BCUT2D eigenvalue weighted by atomic mass is 9.89. The molecule has 142 valence electrons. The molecule has 1 aromatic heterocycles. The second-order valence-electron chi connectivity index (χ2n) is 8.23. The minimum absolute atomic E-state index is 0.165. The Kier molecular flexibility index (Phi) is 5.55. The van der Waals surface area contributed by atoms with Crippen molar-refractivity contribution in [2.24, 2.45) is 17.8 Å². The van der Waals surface area contributed by atoms with Gasteiger partial charge in [-0.25, -0.2) is 9.78 Å². The number of hydrogen-bond donors (Lipinski definition) is 2. The van der Waals surface area contributed by atoms with Gasteiger partial charge in [-0.2, -0.15) is 0 Å². The van der Waals surface area contributed by atoms with Gasteiger partial charge in [0.15, 0.2) is 0 Å². The van der Waals surface area contributed by atoms with E-state index in [1.165, 1.54) is 0 Å².